The van der Waals surface area contributed by atoms with Crippen molar-refractivity contribution in [1.29, 1.82) is 0 Å². The van der Waals surface area contributed by atoms with Gasteiger partial charge in [-0.15, -0.1) is 0 Å². The van der Waals surface area contributed by atoms with Crippen molar-refractivity contribution in [2.24, 2.45) is 0 Å². The minimum atomic E-state index is 0.147. The van der Waals surface area contributed by atoms with E-state index in [0.717, 1.165) is 55.9 Å². The number of hydrogen-bond acceptors (Lipinski definition) is 5. The summed E-state index contributed by atoms with van der Waals surface area (Å²) in [5.41, 5.74) is 1.49. The predicted molar refractivity (Wildman–Crippen MR) is 87.1 cm³/mol. The molecule has 1 N–H and O–H groups in total. The number of nitrogens with zero attached hydrogens (tertiary/aromatic N) is 3. The highest BCUT2D eigenvalue weighted by Crippen LogP contribution is 2.19. The molecule has 2 aromatic rings. The van der Waals surface area contributed by atoms with Gasteiger partial charge in [0.2, 0.25) is 5.91 Å². The van der Waals surface area contributed by atoms with Gasteiger partial charge in [-0.05, 0) is 25.1 Å². The first-order valence-electron chi connectivity index (χ1n) is 8.37. The third-order valence-corrected chi connectivity index (χ3v) is 4.99. The summed E-state index contributed by atoms with van der Waals surface area (Å²) in [7, 11) is 0. The number of amides is 1. The second kappa shape index (κ2) is 6.29. The highest BCUT2D eigenvalue weighted by molar-refractivity contribution is 5.86. The van der Waals surface area contributed by atoms with Gasteiger partial charge in [-0.3, -0.25) is 9.69 Å². The molecule has 6 nitrogen and oxygen atoms in total. The van der Waals surface area contributed by atoms with Gasteiger partial charge in [-0.1, -0.05) is 17.3 Å². The van der Waals surface area contributed by atoms with E-state index in [-0.39, 0.29) is 5.91 Å². The number of piperazine rings is 1. The number of nitrogens with one attached hydrogen (secondary N) is 1. The van der Waals surface area contributed by atoms with Crippen LogP contribution >= 0.6 is 0 Å². The van der Waals surface area contributed by atoms with Gasteiger partial charge < -0.3 is 14.7 Å². The SMILES string of the molecule is O=C(Cc1noc2ccccc12)N1CCN(C2CCNC2)CC1. The summed E-state index contributed by atoms with van der Waals surface area (Å²) in [5, 5.41) is 8.42. The topological polar surface area (TPSA) is 61.6 Å². The van der Waals surface area contributed by atoms with Crippen LogP contribution in [0.4, 0.5) is 0 Å². The maximum absolute atomic E-state index is 12.6. The van der Waals surface area contributed by atoms with E-state index in [9.17, 15) is 4.79 Å². The van der Waals surface area contributed by atoms with Gasteiger partial charge in [0.1, 0.15) is 5.69 Å². The van der Waals surface area contributed by atoms with Crippen LogP contribution in [0, 0.1) is 0 Å². The molecule has 3 heterocycles. The highest BCUT2D eigenvalue weighted by atomic mass is 16.5. The zero-order valence-corrected chi connectivity index (χ0v) is 13.2. The molecule has 1 unspecified atom stereocenters. The third-order valence-electron chi connectivity index (χ3n) is 4.99. The molecule has 1 aromatic heterocycles. The van der Waals surface area contributed by atoms with E-state index in [1.165, 1.54) is 6.42 Å². The van der Waals surface area contributed by atoms with Gasteiger partial charge >= 0.3 is 0 Å². The Morgan fingerprint density at radius 3 is 2.87 bits per heavy atom. The fraction of sp³-hybridized carbons (Fsp3) is 0.529. The number of para-hydroxylation sites is 1. The van der Waals surface area contributed by atoms with Crippen molar-refractivity contribution in [1.82, 2.24) is 20.3 Å². The van der Waals surface area contributed by atoms with Crippen LogP contribution in [0.5, 0.6) is 0 Å². The Kier molecular flexibility index (Phi) is 4.01. The lowest BCUT2D eigenvalue weighted by atomic mass is 10.1. The Balaban J connectivity index is 1.36. The minimum Gasteiger partial charge on any atom is -0.356 e. The first-order chi connectivity index (χ1) is 11.3. The van der Waals surface area contributed by atoms with Gasteiger partial charge in [0, 0.05) is 44.2 Å². The van der Waals surface area contributed by atoms with E-state index in [1.807, 2.05) is 29.2 Å². The highest BCUT2D eigenvalue weighted by Gasteiger charge is 2.28. The largest absolute Gasteiger partial charge is 0.356 e. The zero-order valence-electron chi connectivity index (χ0n) is 13.2. The summed E-state index contributed by atoms with van der Waals surface area (Å²) in [4.78, 5) is 17.0. The van der Waals surface area contributed by atoms with Crippen LogP contribution < -0.4 is 5.32 Å². The van der Waals surface area contributed by atoms with Crippen LogP contribution in [0.15, 0.2) is 28.8 Å². The molecule has 0 saturated carbocycles. The predicted octanol–water partition coefficient (Wildman–Crippen LogP) is 0.876. The van der Waals surface area contributed by atoms with Crippen LogP contribution in [0.3, 0.4) is 0 Å². The summed E-state index contributed by atoms with van der Waals surface area (Å²) >= 11 is 0. The Morgan fingerprint density at radius 1 is 1.26 bits per heavy atom. The van der Waals surface area contributed by atoms with Crippen molar-refractivity contribution < 1.29 is 9.32 Å². The summed E-state index contributed by atoms with van der Waals surface area (Å²) in [6.07, 6.45) is 1.54. The van der Waals surface area contributed by atoms with E-state index in [1.54, 1.807) is 0 Å². The van der Waals surface area contributed by atoms with Crippen molar-refractivity contribution in [3.8, 4) is 0 Å². The van der Waals surface area contributed by atoms with Gasteiger partial charge in [0.25, 0.3) is 0 Å². The molecule has 2 aliphatic rings. The molecule has 23 heavy (non-hydrogen) atoms. The van der Waals surface area contributed by atoms with Crippen LogP contribution in [0.2, 0.25) is 0 Å². The molecule has 122 valence electrons. The van der Waals surface area contributed by atoms with Crippen molar-refractivity contribution in [2.75, 3.05) is 39.3 Å². The molecular weight excluding hydrogens is 292 g/mol. The standard InChI is InChI=1S/C17H22N4O2/c22-17(11-15-14-3-1-2-4-16(14)23-19-15)21-9-7-20(8-10-21)13-5-6-18-12-13/h1-4,13,18H,5-12H2. The number of rotatable bonds is 3. The minimum absolute atomic E-state index is 0.147. The van der Waals surface area contributed by atoms with Gasteiger partial charge in [0.15, 0.2) is 5.58 Å². The van der Waals surface area contributed by atoms with E-state index < -0.39 is 0 Å². The fourth-order valence-electron chi connectivity index (χ4n) is 3.61. The molecular formula is C17H22N4O2. The molecule has 2 fully saturated rings. The van der Waals surface area contributed by atoms with Crippen LogP contribution in [-0.4, -0.2) is 66.2 Å². The summed E-state index contributed by atoms with van der Waals surface area (Å²) < 4.78 is 5.29. The number of carbonyl (C=O) groups is 1. The monoisotopic (exact) mass is 314 g/mol. The van der Waals surface area contributed by atoms with Crippen molar-refractivity contribution in [3.63, 3.8) is 0 Å². The normalized spacial score (nSPS) is 22.8. The molecule has 0 spiro atoms. The van der Waals surface area contributed by atoms with Gasteiger partial charge in [0.05, 0.1) is 6.42 Å². The number of fused-ring (bicyclic) bond motifs is 1. The molecule has 0 radical (unpaired) electrons. The Morgan fingerprint density at radius 2 is 2.09 bits per heavy atom. The molecule has 1 atom stereocenters. The van der Waals surface area contributed by atoms with Crippen LogP contribution in [-0.2, 0) is 11.2 Å². The summed E-state index contributed by atoms with van der Waals surface area (Å²) in [6.45, 7) is 5.76. The second-order valence-corrected chi connectivity index (χ2v) is 6.37. The number of carbonyl (C=O) groups excluding carboxylic acids is 1. The van der Waals surface area contributed by atoms with E-state index in [4.69, 9.17) is 4.52 Å². The molecule has 4 rings (SSSR count). The third kappa shape index (κ3) is 2.96. The molecule has 2 aliphatic heterocycles. The Bertz CT molecular complexity index is 685. The van der Waals surface area contributed by atoms with E-state index in [0.29, 0.717) is 12.5 Å². The summed E-state index contributed by atoms with van der Waals surface area (Å²) in [6, 6.07) is 8.34. The van der Waals surface area contributed by atoms with Gasteiger partial charge in [-0.25, -0.2) is 0 Å². The molecule has 1 amide bonds. The van der Waals surface area contributed by atoms with Crippen LogP contribution in [0.1, 0.15) is 12.1 Å². The number of aromatic nitrogens is 1. The first-order valence-corrected chi connectivity index (χ1v) is 8.37. The smallest absolute Gasteiger partial charge is 0.228 e. The lowest BCUT2D eigenvalue weighted by Gasteiger charge is -2.37. The molecule has 6 heteroatoms. The van der Waals surface area contributed by atoms with Crippen molar-refractivity contribution in [2.45, 2.75) is 18.9 Å². The Labute approximate surface area is 135 Å². The maximum atomic E-state index is 12.6. The van der Waals surface area contributed by atoms with Crippen LogP contribution in [0.25, 0.3) is 11.0 Å². The van der Waals surface area contributed by atoms with Crippen molar-refractivity contribution >= 4 is 16.9 Å². The quantitative estimate of drug-likeness (QED) is 0.911. The zero-order chi connectivity index (χ0) is 15.6. The number of hydrogen-bond donors (Lipinski definition) is 1. The molecule has 2 saturated heterocycles. The fourth-order valence-corrected chi connectivity index (χ4v) is 3.61. The molecule has 1 aromatic carbocycles. The molecule has 0 aliphatic carbocycles. The lowest BCUT2D eigenvalue weighted by molar-refractivity contribution is -0.132. The number of benzene rings is 1. The average molecular weight is 314 g/mol. The molecule has 0 bridgehead atoms. The summed E-state index contributed by atoms with van der Waals surface area (Å²) in [5.74, 6) is 0.147. The lowest BCUT2D eigenvalue weighted by Crippen LogP contribution is -2.52. The first kappa shape index (κ1) is 14.7. The van der Waals surface area contributed by atoms with Crippen molar-refractivity contribution in [3.05, 3.63) is 30.0 Å². The van der Waals surface area contributed by atoms with E-state index in [2.05, 4.69) is 15.4 Å². The Hall–Kier alpha value is -1.92. The second-order valence-electron chi connectivity index (χ2n) is 6.37. The average Bonchev–Trinajstić information content (AvgIpc) is 3.25. The maximum Gasteiger partial charge on any atom is 0.228 e. The van der Waals surface area contributed by atoms with Gasteiger partial charge in [-0.2, -0.15) is 0 Å². The van der Waals surface area contributed by atoms with E-state index >= 15 is 0 Å².